The number of amides is 1. The van der Waals surface area contributed by atoms with Crippen LogP contribution in [0.15, 0.2) is 91.1 Å². The Labute approximate surface area is 233 Å². The maximum Gasteiger partial charge on any atom is 0.408 e. The van der Waals surface area contributed by atoms with Gasteiger partial charge in [-0.3, -0.25) is 0 Å². The quantitative estimate of drug-likeness (QED) is 0.242. The minimum absolute atomic E-state index is 0.388. The molecular formula is C32H32N6O2. The molecule has 3 aromatic carbocycles. The number of ether oxygens (including phenoxy) is 1. The molecule has 1 amide bonds. The van der Waals surface area contributed by atoms with Gasteiger partial charge in [-0.1, -0.05) is 72.8 Å². The van der Waals surface area contributed by atoms with E-state index in [2.05, 4.69) is 57.1 Å². The molecule has 0 spiro atoms. The molecule has 202 valence electrons. The van der Waals surface area contributed by atoms with Gasteiger partial charge in [0.1, 0.15) is 5.60 Å². The monoisotopic (exact) mass is 532 g/mol. The van der Waals surface area contributed by atoms with Crippen molar-refractivity contribution in [3.63, 3.8) is 0 Å². The first-order valence-electron chi connectivity index (χ1n) is 13.6. The Balaban J connectivity index is 1.35. The van der Waals surface area contributed by atoms with Gasteiger partial charge in [0.25, 0.3) is 5.78 Å². The van der Waals surface area contributed by atoms with Crippen molar-refractivity contribution in [2.45, 2.75) is 51.2 Å². The summed E-state index contributed by atoms with van der Waals surface area (Å²) in [5.74, 6) is 0.976. The largest absolute Gasteiger partial charge is 0.444 e. The molecule has 1 aliphatic rings. The predicted molar refractivity (Wildman–Crippen MR) is 156 cm³/mol. The molecule has 40 heavy (non-hydrogen) atoms. The first-order chi connectivity index (χ1) is 19.3. The Bertz CT molecular complexity index is 1640. The van der Waals surface area contributed by atoms with Crippen LogP contribution in [-0.2, 0) is 10.3 Å². The van der Waals surface area contributed by atoms with Crippen molar-refractivity contribution in [3.05, 3.63) is 96.7 Å². The van der Waals surface area contributed by atoms with Gasteiger partial charge in [-0.05, 0) is 63.3 Å². The smallest absolute Gasteiger partial charge is 0.408 e. The highest BCUT2D eigenvalue weighted by Gasteiger charge is 2.41. The van der Waals surface area contributed by atoms with Crippen LogP contribution < -0.4 is 10.6 Å². The summed E-state index contributed by atoms with van der Waals surface area (Å²) in [4.78, 5) is 22.2. The minimum atomic E-state index is -0.546. The average molecular weight is 533 g/mol. The number of rotatable bonds is 6. The van der Waals surface area contributed by atoms with Crippen molar-refractivity contribution >= 4 is 23.5 Å². The van der Waals surface area contributed by atoms with E-state index in [1.807, 2.05) is 75.5 Å². The van der Waals surface area contributed by atoms with Crippen LogP contribution in [-0.4, -0.2) is 31.3 Å². The van der Waals surface area contributed by atoms with Crippen LogP contribution in [0.2, 0.25) is 0 Å². The third-order valence-electron chi connectivity index (χ3n) is 7.10. The summed E-state index contributed by atoms with van der Waals surface area (Å²) >= 11 is 0. The summed E-state index contributed by atoms with van der Waals surface area (Å²) in [5, 5.41) is 11.0. The topological polar surface area (TPSA) is 93.4 Å². The number of hydrogen-bond acceptors (Lipinski definition) is 6. The number of anilines is 2. The molecule has 1 fully saturated rings. The Morgan fingerprint density at radius 1 is 0.875 bits per heavy atom. The molecule has 0 bridgehead atoms. The fourth-order valence-corrected chi connectivity index (χ4v) is 5.04. The van der Waals surface area contributed by atoms with E-state index in [9.17, 15) is 4.79 Å². The molecule has 8 nitrogen and oxygen atoms in total. The molecular weight excluding hydrogens is 500 g/mol. The summed E-state index contributed by atoms with van der Waals surface area (Å²) in [6.07, 6.45) is 4.40. The van der Waals surface area contributed by atoms with Gasteiger partial charge in [0.2, 0.25) is 5.95 Å². The Morgan fingerprint density at radius 3 is 2.17 bits per heavy atom. The maximum atomic E-state index is 12.6. The number of fused-ring (bicyclic) bond motifs is 1. The molecule has 0 saturated heterocycles. The number of benzene rings is 3. The molecule has 2 aromatic heterocycles. The highest BCUT2D eigenvalue weighted by atomic mass is 16.6. The molecule has 0 atom stereocenters. The second-order valence-corrected chi connectivity index (χ2v) is 11.2. The standard InChI is InChI=1S/C32H32N6O2/c1-31(2,3)40-30(39)36-32(19-10-20-32)24-17-15-23(16-18-24)27-26(22-11-6-4-7-12-22)21-38-29(34-27)35-28(37-38)33-25-13-8-5-9-14-25/h4-9,11-18,21H,10,19-20H2,1-3H3,(H,33,37)(H,36,39). The number of carbonyl (C=O) groups is 1. The number of hydrogen-bond donors (Lipinski definition) is 2. The van der Waals surface area contributed by atoms with E-state index in [0.717, 1.165) is 52.9 Å². The number of nitrogens with zero attached hydrogens (tertiary/aromatic N) is 4. The zero-order valence-electron chi connectivity index (χ0n) is 22.9. The summed E-state index contributed by atoms with van der Waals surface area (Å²) in [6, 6.07) is 28.3. The van der Waals surface area contributed by atoms with Crippen LogP contribution in [0.5, 0.6) is 0 Å². The average Bonchev–Trinajstić information content (AvgIpc) is 3.31. The van der Waals surface area contributed by atoms with Gasteiger partial charge in [-0.2, -0.15) is 4.98 Å². The fraction of sp³-hybridized carbons (Fsp3) is 0.250. The lowest BCUT2D eigenvalue weighted by Crippen LogP contribution is -2.52. The molecule has 6 rings (SSSR count). The second kappa shape index (κ2) is 10.1. The third-order valence-corrected chi connectivity index (χ3v) is 7.10. The number of para-hydroxylation sites is 1. The van der Waals surface area contributed by atoms with Crippen molar-refractivity contribution in [2.24, 2.45) is 0 Å². The van der Waals surface area contributed by atoms with Gasteiger partial charge in [-0.25, -0.2) is 14.3 Å². The van der Waals surface area contributed by atoms with Crippen LogP contribution in [0.4, 0.5) is 16.4 Å². The third kappa shape index (κ3) is 5.25. The van der Waals surface area contributed by atoms with Gasteiger partial charge >= 0.3 is 6.09 Å². The number of aromatic nitrogens is 4. The summed E-state index contributed by atoms with van der Waals surface area (Å²) < 4.78 is 7.26. The van der Waals surface area contributed by atoms with Gasteiger partial charge in [0.15, 0.2) is 0 Å². The molecule has 1 saturated carbocycles. The number of carbonyl (C=O) groups excluding carboxylic acids is 1. The Hall–Kier alpha value is -4.72. The molecule has 5 aromatic rings. The van der Waals surface area contributed by atoms with Crippen LogP contribution in [0.1, 0.15) is 45.6 Å². The van der Waals surface area contributed by atoms with Crippen LogP contribution >= 0.6 is 0 Å². The van der Waals surface area contributed by atoms with Crippen LogP contribution in [0, 0.1) is 0 Å². The molecule has 0 radical (unpaired) electrons. The van der Waals surface area contributed by atoms with E-state index in [1.54, 1.807) is 4.52 Å². The van der Waals surface area contributed by atoms with E-state index >= 15 is 0 Å². The summed E-state index contributed by atoms with van der Waals surface area (Å²) in [7, 11) is 0. The lowest BCUT2D eigenvalue weighted by Gasteiger charge is -2.43. The highest BCUT2D eigenvalue weighted by Crippen LogP contribution is 2.42. The van der Waals surface area contributed by atoms with E-state index in [-0.39, 0.29) is 6.09 Å². The van der Waals surface area contributed by atoms with Gasteiger partial charge in [0, 0.05) is 23.0 Å². The van der Waals surface area contributed by atoms with E-state index in [1.165, 1.54) is 0 Å². The molecule has 8 heteroatoms. The maximum absolute atomic E-state index is 12.6. The molecule has 2 N–H and O–H groups in total. The zero-order chi connectivity index (χ0) is 27.7. The predicted octanol–water partition coefficient (Wildman–Crippen LogP) is 7.11. The van der Waals surface area contributed by atoms with Crippen molar-refractivity contribution < 1.29 is 9.53 Å². The van der Waals surface area contributed by atoms with E-state index in [0.29, 0.717) is 11.7 Å². The molecule has 0 unspecified atom stereocenters. The first kappa shape index (κ1) is 25.6. The van der Waals surface area contributed by atoms with Crippen molar-refractivity contribution in [1.29, 1.82) is 0 Å². The summed E-state index contributed by atoms with van der Waals surface area (Å²) in [6.45, 7) is 5.62. The first-order valence-corrected chi connectivity index (χ1v) is 13.6. The van der Waals surface area contributed by atoms with Crippen molar-refractivity contribution in [2.75, 3.05) is 5.32 Å². The fourth-order valence-electron chi connectivity index (χ4n) is 5.04. The second-order valence-electron chi connectivity index (χ2n) is 11.2. The molecule has 1 aliphatic carbocycles. The minimum Gasteiger partial charge on any atom is -0.444 e. The molecule has 2 heterocycles. The molecule has 0 aliphatic heterocycles. The number of alkyl carbamates (subject to hydrolysis) is 1. The lowest BCUT2D eigenvalue weighted by molar-refractivity contribution is 0.0377. The SMILES string of the molecule is CC(C)(C)OC(=O)NC1(c2ccc(-c3nc4nc(Nc5ccccc5)nn4cc3-c3ccccc3)cc2)CCC1. The van der Waals surface area contributed by atoms with E-state index < -0.39 is 11.1 Å². The summed E-state index contributed by atoms with van der Waals surface area (Å²) in [5.41, 5.74) is 4.76. The van der Waals surface area contributed by atoms with Crippen LogP contribution in [0.25, 0.3) is 28.2 Å². The lowest BCUT2D eigenvalue weighted by atomic mass is 9.71. The van der Waals surface area contributed by atoms with Gasteiger partial charge < -0.3 is 15.4 Å². The zero-order valence-corrected chi connectivity index (χ0v) is 22.9. The van der Waals surface area contributed by atoms with Crippen molar-refractivity contribution in [3.8, 4) is 22.4 Å². The Morgan fingerprint density at radius 2 is 1.55 bits per heavy atom. The van der Waals surface area contributed by atoms with E-state index in [4.69, 9.17) is 9.72 Å². The van der Waals surface area contributed by atoms with Crippen LogP contribution in [0.3, 0.4) is 0 Å². The highest BCUT2D eigenvalue weighted by molar-refractivity contribution is 5.81. The van der Waals surface area contributed by atoms with Gasteiger partial charge in [0.05, 0.1) is 11.2 Å². The van der Waals surface area contributed by atoms with Gasteiger partial charge in [-0.15, -0.1) is 5.10 Å². The normalized spacial score (nSPS) is 14.4. The Kier molecular flexibility index (Phi) is 6.46. The number of nitrogens with one attached hydrogen (secondary N) is 2. The van der Waals surface area contributed by atoms with Crippen molar-refractivity contribution in [1.82, 2.24) is 24.9 Å².